The molecule has 2 heterocycles. The van der Waals surface area contributed by atoms with Crippen molar-refractivity contribution in [1.29, 1.82) is 0 Å². The Labute approximate surface area is 134 Å². The third-order valence-corrected chi connectivity index (χ3v) is 4.13. The Morgan fingerprint density at radius 1 is 1.45 bits per heavy atom. The fourth-order valence-corrected chi connectivity index (χ4v) is 3.31. The molecule has 1 fully saturated rings. The Balaban J connectivity index is 2.01. The van der Waals surface area contributed by atoms with E-state index >= 15 is 0 Å². The van der Waals surface area contributed by atoms with E-state index in [-0.39, 0.29) is 0 Å². The molecular weight excluding hydrogens is 272 g/mol. The first kappa shape index (κ1) is 17.0. The average molecular weight is 300 g/mol. The van der Waals surface area contributed by atoms with Crippen molar-refractivity contribution < 1.29 is 5.11 Å². The second-order valence-corrected chi connectivity index (χ2v) is 6.94. The summed E-state index contributed by atoms with van der Waals surface area (Å²) in [5.41, 5.74) is 0.395. The van der Waals surface area contributed by atoms with Crippen LogP contribution in [0, 0.1) is 17.8 Å². The maximum Gasteiger partial charge on any atom is 0.123 e. The maximum absolute atomic E-state index is 10.3. The molecule has 1 aliphatic heterocycles. The van der Waals surface area contributed by atoms with E-state index in [1.54, 1.807) is 0 Å². The molecule has 0 radical (unpaired) electrons. The van der Waals surface area contributed by atoms with Crippen LogP contribution in [0.25, 0.3) is 0 Å². The van der Waals surface area contributed by atoms with Crippen LogP contribution >= 0.6 is 0 Å². The maximum atomic E-state index is 10.3. The monoisotopic (exact) mass is 300 g/mol. The molecule has 0 amide bonds. The van der Waals surface area contributed by atoms with E-state index in [1.165, 1.54) is 18.4 Å². The number of rotatable bonds is 4. The first-order valence-corrected chi connectivity index (χ1v) is 8.34. The van der Waals surface area contributed by atoms with Gasteiger partial charge in [0.05, 0.1) is 6.54 Å². The van der Waals surface area contributed by atoms with Crippen molar-refractivity contribution >= 4 is 0 Å². The zero-order valence-electron chi connectivity index (χ0n) is 14.0. The minimum atomic E-state index is -0.881. The summed E-state index contributed by atoms with van der Waals surface area (Å²) in [4.78, 5) is 6.66. The lowest BCUT2D eigenvalue weighted by Crippen LogP contribution is -2.34. The highest BCUT2D eigenvalue weighted by atomic mass is 16.3. The number of hydrogen-bond donors (Lipinski definition) is 1. The number of aromatic nitrogens is 1. The summed E-state index contributed by atoms with van der Waals surface area (Å²) in [5, 5.41) is 10.3. The molecule has 1 aliphatic rings. The normalized spacial score (nSPS) is 22.0. The summed E-state index contributed by atoms with van der Waals surface area (Å²) in [7, 11) is 0. The summed E-state index contributed by atoms with van der Waals surface area (Å²) in [5.74, 6) is 6.71. The summed E-state index contributed by atoms with van der Waals surface area (Å²) in [6.07, 6.45) is 8.14. The third kappa shape index (κ3) is 5.12. The van der Waals surface area contributed by atoms with Gasteiger partial charge in [0, 0.05) is 18.4 Å². The van der Waals surface area contributed by atoms with E-state index < -0.39 is 5.60 Å². The molecule has 1 aromatic rings. The Morgan fingerprint density at radius 2 is 2.27 bits per heavy atom. The van der Waals surface area contributed by atoms with Gasteiger partial charge >= 0.3 is 0 Å². The number of likely N-dealkylation sites (tertiary alicyclic amines) is 1. The lowest BCUT2D eigenvalue weighted by atomic mass is 9.94. The van der Waals surface area contributed by atoms with Crippen LogP contribution in [0.2, 0.25) is 0 Å². The van der Waals surface area contributed by atoms with Gasteiger partial charge in [0.25, 0.3) is 0 Å². The zero-order valence-corrected chi connectivity index (χ0v) is 14.0. The van der Waals surface area contributed by atoms with Crippen LogP contribution in [0.1, 0.15) is 58.1 Å². The van der Waals surface area contributed by atoms with E-state index in [2.05, 4.69) is 41.6 Å². The van der Waals surface area contributed by atoms with Gasteiger partial charge in [0.1, 0.15) is 5.60 Å². The SMILES string of the molecule is CC(C)CC(C)(O)C#CCN1CCCCC1c1cccnc1. The van der Waals surface area contributed by atoms with Crippen LogP contribution in [-0.2, 0) is 0 Å². The highest BCUT2D eigenvalue weighted by molar-refractivity contribution is 5.17. The van der Waals surface area contributed by atoms with Crippen molar-refractivity contribution in [2.75, 3.05) is 13.1 Å². The molecule has 1 N–H and O–H groups in total. The van der Waals surface area contributed by atoms with Crippen LogP contribution in [0.4, 0.5) is 0 Å². The quantitative estimate of drug-likeness (QED) is 0.866. The van der Waals surface area contributed by atoms with Crippen LogP contribution < -0.4 is 0 Å². The van der Waals surface area contributed by atoms with Gasteiger partial charge in [-0.1, -0.05) is 38.2 Å². The van der Waals surface area contributed by atoms with Crippen molar-refractivity contribution in [2.24, 2.45) is 5.92 Å². The average Bonchev–Trinajstić information content (AvgIpc) is 2.47. The molecule has 0 saturated carbocycles. The predicted molar refractivity (Wildman–Crippen MR) is 90.3 cm³/mol. The van der Waals surface area contributed by atoms with Crippen LogP contribution in [-0.4, -0.2) is 33.7 Å². The molecule has 22 heavy (non-hydrogen) atoms. The number of nitrogens with zero attached hydrogens (tertiary/aromatic N) is 2. The van der Waals surface area contributed by atoms with Gasteiger partial charge in [-0.2, -0.15) is 0 Å². The fraction of sp³-hybridized carbons (Fsp3) is 0.632. The minimum absolute atomic E-state index is 0.409. The standard InChI is InChI=1S/C19H28N2O/c1-16(2)14-19(3,22)10-7-13-21-12-5-4-9-18(21)17-8-6-11-20-15-17/h6,8,11,15-16,18,22H,4-5,9,12-14H2,1-3H3. The van der Waals surface area contributed by atoms with E-state index in [9.17, 15) is 5.11 Å². The molecule has 0 bridgehead atoms. The molecule has 2 rings (SSSR count). The molecule has 3 nitrogen and oxygen atoms in total. The summed E-state index contributed by atoms with van der Waals surface area (Å²) >= 11 is 0. The van der Waals surface area contributed by atoms with Gasteiger partial charge in [-0.3, -0.25) is 9.88 Å². The molecule has 120 valence electrons. The van der Waals surface area contributed by atoms with Gasteiger partial charge in [0.2, 0.25) is 0 Å². The highest BCUT2D eigenvalue weighted by Gasteiger charge is 2.23. The lowest BCUT2D eigenvalue weighted by molar-refractivity contribution is 0.0971. The molecule has 3 heteroatoms. The lowest BCUT2D eigenvalue weighted by Gasteiger charge is -2.34. The molecule has 2 atom stereocenters. The predicted octanol–water partition coefficient (Wildman–Crippen LogP) is 3.41. The van der Waals surface area contributed by atoms with E-state index in [1.807, 2.05) is 25.4 Å². The Bertz CT molecular complexity index is 513. The molecule has 0 spiro atoms. The zero-order chi connectivity index (χ0) is 16.0. The topological polar surface area (TPSA) is 36.4 Å². The molecule has 0 aliphatic carbocycles. The largest absolute Gasteiger partial charge is 0.378 e. The number of pyridine rings is 1. The molecule has 1 saturated heterocycles. The molecule has 1 aromatic heterocycles. The van der Waals surface area contributed by atoms with Gasteiger partial charge in [-0.15, -0.1) is 0 Å². The Kier molecular flexibility index (Phi) is 5.99. The summed E-state index contributed by atoms with van der Waals surface area (Å²) in [6, 6.07) is 4.56. The van der Waals surface area contributed by atoms with Gasteiger partial charge in [-0.05, 0) is 50.3 Å². The summed E-state index contributed by atoms with van der Waals surface area (Å²) in [6.45, 7) is 7.82. The van der Waals surface area contributed by atoms with Gasteiger partial charge in [-0.25, -0.2) is 0 Å². The summed E-state index contributed by atoms with van der Waals surface area (Å²) < 4.78 is 0. The molecular formula is C19H28N2O. The number of aliphatic hydroxyl groups is 1. The Morgan fingerprint density at radius 3 is 2.95 bits per heavy atom. The minimum Gasteiger partial charge on any atom is -0.378 e. The van der Waals surface area contributed by atoms with Crippen molar-refractivity contribution in [1.82, 2.24) is 9.88 Å². The van der Waals surface area contributed by atoms with Crippen LogP contribution in [0.5, 0.6) is 0 Å². The second kappa shape index (κ2) is 7.76. The van der Waals surface area contributed by atoms with Crippen molar-refractivity contribution in [2.45, 2.75) is 58.1 Å². The van der Waals surface area contributed by atoms with E-state index in [0.29, 0.717) is 24.9 Å². The van der Waals surface area contributed by atoms with Crippen molar-refractivity contribution in [3.8, 4) is 11.8 Å². The number of piperidine rings is 1. The van der Waals surface area contributed by atoms with Crippen molar-refractivity contribution in [3.05, 3.63) is 30.1 Å². The van der Waals surface area contributed by atoms with Crippen molar-refractivity contribution in [3.63, 3.8) is 0 Å². The fourth-order valence-electron chi connectivity index (χ4n) is 3.31. The Hall–Kier alpha value is -1.37. The highest BCUT2D eigenvalue weighted by Crippen LogP contribution is 2.29. The molecule has 0 aromatic carbocycles. The van der Waals surface area contributed by atoms with Gasteiger partial charge < -0.3 is 5.11 Å². The second-order valence-electron chi connectivity index (χ2n) is 6.94. The van der Waals surface area contributed by atoms with E-state index in [0.717, 1.165) is 13.0 Å². The van der Waals surface area contributed by atoms with Gasteiger partial charge in [0.15, 0.2) is 0 Å². The third-order valence-electron chi connectivity index (χ3n) is 4.13. The van der Waals surface area contributed by atoms with E-state index in [4.69, 9.17) is 0 Å². The number of hydrogen-bond acceptors (Lipinski definition) is 3. The first-order chi connectivity index (χ1) is 10.5. The first-order valence-electron chi connectivity index (χ1n) is 8.34. The molecule has 2 unspecified atom stereocenters. The van der Waals surface area contributed by atoms with Crippen LogP contribution in [0.15, 0.2) is 24.5 Å². The van der Waals surface area contributed by atoms with Crippen LogP contribution in [0.3, 0.4) is 0 Å². The smallest absolute Gasteiger partial charge is 0.123 e.